The second-order valence-electron chi connectivity index (χ2n) is 6.27. The molecular weight excluding hydrogens is 184 g/mol. The highest BCUT2D eigenvalue weighted by atomic mass is 16.3. The lowest BCUT2D eigenvalue weighted by molar-refractivity contribution is 0.00411. The summed E-state index contributed by atoms with van der Waals surface area (Å²) < 4.78 is 0. The molecule has 0 amide bonds. The predicted molar refractivity (Wildman–Crippen MR) is 65.7 cm³/mol. The van der Waals surface area contributed by atoms with Crippen LogP contribution in [-0.2, 0) is 0 Å². The minimum atomic E-state index is -0.0878. The molecule has 0 aromatic heterocycles. The molecule has 1 N–H and O–H groups in total. The average Bonchev–Trinajstić information content (AvgIpc) is 2.13. The van der Waals surface area contributed by atoms with E-state index in [0.29, 0.717) is 17.8 Å². The van der Waals surface area contributed by atoms with Crippen LogP contribution in [0.1, 0.15) is 53.9 Å². The van der Waals surface area contributed by atoms with Gasteiger partial charge < -0.3 is 5.11 Å². The first-order valence-electron chi connectivity index (χ1n) is 6.59. The van der Waals surface area contributed by atoms with Crippen LogP contribution in [0.15, 0.2) is 0 Å². The SMILES string of the molecule is CC1CC(C)CC(C(O)C(C)C(C)C)C1. The molecule has 0 heterocycles. The summed E-state index contributed by atoms with van der Waals surface area (Å²) in [4.78, 5) is 0. The molecule has 1 rings (SSSR count). The Balaban J connectivity index is 2.54. The molecule has 1 aliphatic rings. The van der Waals surface area contributed by atoms with Crippen LogP contribution in [0.25, 0.3) is 0 Å². The molecule has 90 valence electrons. The summed E-state index contributed by atoms with van der Waals surface area (Å²) in [6, 6.07) is 0. The smallest absolute Gasteiger partial charge is 0.0596 e. The molecule has 1 fully saturated rings. The van der Waals surface area contributed by atoms with Crippen molar-refractivity contribution in [3.8, 4) is 0 Å². The molecule has 1 saturated carbocycles. The van der Waals surface area contributed by atoms with Gasteiger partial charge in [0.2, 0.25) is 0 Å². The fourth-order valence-electron chi connectivity index (χ4n) is 3.11. The van der Waals surface area contributed by atoms with E-state index >= 15 is 0 Å². The Morgan fingerprint density at radius 2 is 1.40 bits per heavy atom. The molecule has 1 nitrogen and oxygen atoms in total. The van der Waals surface area contributed by atoms with Crippen molar-refractivity contribution in [2.45, 2.75) is 60.0 Å². The van der Waals surface area contributed by atoms with Gasteiger partial charge in [-0.1, -0.05) is 34.6 Å². The van der Waals surface area contributed by atoms with Gasteiger partial charge in [-0.2, -0.15) is 0 Å². The Morgan fingerprint density at radius 1 is 0.933 bits per heavy atom. The zero-order valence-corrected chi connectivity index (χ0v) is 11.0. The van der Waals surface area contributed by atoms with E-state index in [1.54, 1.807) is 0 Å². The van der Waals surface area contributed by atoms with Gasteiger partial charge >= 0.3 is 0 Å². The minimum Gasteiger partial charge on any atom is -0.393 e. The number of hydrogen-bond acceptors (Lipinski definition) is 1. The maximum absolute atomic E-state index is 10.3. The van der Waals surface area contributed by atoms with Crippen LogP contribution in [0.5, 0.6) is 0 Å². The molecule has 0 aromatic rings. The van der Waals surface area contributed by atoms with Crippen molar-refractivity contribution >= 4 is 0 Å². The van der Waals surface area contributed by atoms with Crippen molar-refractivity contribution < 1.29 is 5.11 Å². The number of hydrogen-bond donors (Lipinski definition) is 1. The van der Waals surface area contributed by atoms with Crippen LogP contribution in [0.3, 0.4) is 0 Å². The number of rotatable bonds is 3. The highest BCUT2D eigenvalue weighted by molar-refractivity contribution is 4.82. The summed E-state index contributed by atoms with van der Waals surface area (Å²) in [6.45, 7) is 11.3. The quantitative estimate of drug-likeness (QED) is 0.756. The van der Waals surface area contributed by atoms with Gasteiger partial charge in [0.05, 0.1) is 6.10 Å². The van der Waals surface area contributed by atoms with Crippen molar-refractivity contribution in [3.05, 3.63) is 0 Å². The van der Waals surface area contributed by atoms with E-state index in [1.807, 2.05) is 0 Å². The van der Waals surface area contributed by atoms with Gasteiger partial charge in [0.15, 0.2) is 0 Å². The van der Waals surface area contributed by atoms with Crippen LogP contribution in [0.4, 0.5) is 0 Å². The third-order valence-electron chi connectivity index (χ3n) is 4.29. The van der Waals surface area contributed by atoms with E-state index < -0.39 is 0 Å². The maximum atomic E-state index is 10.3. The second kappa shape index (κ2) is 5.34. The van der Waals surface area contributed by atoms with Crippen molar-refractivity contribution in [1.29, 1.82) is 0 Å². The number of aliphatic hydroxyl groups is 1. The monoisotopic (exact) mass is 212 g/mol. The molecule has 0 saturated heterocycles. The lowest BCUT2D eigenvalue weighted by Crippen LogP contribution is -2.35. The molecule has 4 atom stereocenters. The fraction of sp³-hybridized carbons (Fsp3) is 1.00. The fourth-order valence-corrected chi connectivity index (χ4v) is 3.11. The van der Waals surface area contributed by atoms with E-state index in [-0.39, 0.29) is 6.10 Å². The van der Waals surface area contributed by atoms with Crippen molar-refractivity contribution in [2.75, 3.05) is 0 Å². The molecule has 0 aliphatic heterocycles. The molecule has 1 aliphatic carbocycles. The summed E-state index contributed by atoms with van der Waals surface area (Å²) in [6.07, 6.45) is 3.71. The van der Waals surface area contributed by atoms with Crippen molar-refractivity contribution in [3.63, 3.8) is 0 Å². The Hall–Kier alpha value is -0.0400. The average molecular weight is 212 g/mol. The summed E-state index contributed by atoms with van der Waals surface area (Å²) >= 11 is 0. The molecule has 15 heavy (non-hydrogen) atoms. The normalized spacial score (nSPS) is 36.6. The van der Waals surface area contributed by atoms with Crippen molar-refractivity contribution in [1.82, 2.24) is 0 Å². The lowest BCUT2D eigenvalue weighted by atomic mass is 9.71. The third-order valence-corrected chi connectivity index (χ3v) is 4.29. The lowest BCUT2D eigenvalue weighted by Gasteiger charge is -2.37. The second-order valence-corrected chi connectivity index (χ2v) is 6.27. The van der Waals surface area contributed by atoms with Gasteiger partial charge in [-0.3, -0.25) is 0 Å². The van der Waals surface area contributed by atoms with Crippen LogP contribution >= 0.6 is 0 Å². The summed E-state index contributed by atoms with van der Waals surface area (Å²) in [5.41, 5.74) is 0. The number of aliphatic hydroxyl groups excluding tert-OH is 1. The van der Waals surface area contributed by atoms with Gasteiger partial charge in [0.25, 0.3) is 0 Å². The molecule has 0 spiro atoms. The molecule has 0 bridgehead atoms. The summed E-state index contributed by atoms with van der Waals surface area (Å²) in [7, 11) is 0. The van der Waals surface area contributed by atoms with E-state index in [9.17, 15) is 5.11 Å². The van der Waals surface area contributed by atoms with Crippen LogP contribution in [0, 0.1) is 29.6 Å². The molecule has 1 heteroatoms. The zero-order chi connectivity index (χ0) is 11.6. The Morgan fingerprint density at radius 3 is 1.80 bits per heavy atom. The Bertz CT molecular complexity index is 178. The molecule has 0 radical (unpaired) electrons. The first-order valence-corrected chi connectivity index (χ1v) is 6.59. The van der Waals surface area contributed by atoms with E-state index in [4.69, 9.17) is 0 Å². The van der Waals surface area contributed by atoms with Crippen LogP contribution < -0.4 is 0 Å². The maximum Gasteiger partial charge on any atom is 0.0596 e. The van der Waals surface area contributed by atoms with Gasteiger partial charge in [0.1, 0.15) is 0 Å². The van der Waals surface area contributed by atoms with Gasteiger partial charge in [-0.25, -0.2) is 0 Å². The topological polar surface area (TPSA) is 20.2 Å². The Kier molecular flexibility index (Phi) is 4.64. The standard InChI is InChI=1S/C14H28O/c1-9(2)12(5)14(15)13-7-10(3)6-11(4)8-13/h9-15H,6-8H2,1-5H3. The van der Waals surface area contributed by atoms with E-state index in [2.05, 4.69) is 34.6 Å². The zero-order valence-electron chi connectivity index (χ0n) is 11.0. The van der Waals surface area contributed by atoms with E-state index in [1.165, 1.54) is 19.3 Å². The van der Waals surface area contributed by atoms with E-state index in [0.717, 1.165) is 11.8 Å². The highest BCUT2D eigenvalue weighted by Crippen LogP contribution is 2.37. The van der Waals surface area contributed by atoms with Gasteiger partial charge in [0, 0.05) is 0 Å². The molecule has 0 aromatic carbocycles. The largest absolute Gasteiger partial charge is 0.393 e. The summed E-state index contributed by atoms with van der Waals surface area (Å²) in [5.74, 6) is 3.17. The molecule has 4 unspecified atom stereocenters. The first-order chi connectivity index (χ1) is 6.91. The van der Waals surface area contributed by atoms with Crippen LogP contribution in [-0.4, -0.2) is 11.2 Å². The summed E-state index contributed by atoms with van der Waals surface area (Å²) in [5, 5.41) is 10.3. The molecular formula is C14H28O. The van der Waals surface area contributed by atoms with Gasteiger partial charge in [-0.15, -0.1) is 0 Å². The Labute approximate surface area is 95.3 Å². The van der Waals surface area contributed by atoms with Gasteiger partial charge in [-0.05, 0) is 48.9 Å². The van der Waals surface area contributed by atoms with Crippen LogP contribution in [0.2, 0.25) is 0 Å². The highest BCUT2D eigenvalue weighted by Gasteiger charge is 2.32. The first kappa shape index (κ1) is 13.0. The van der Waals surface area contributed by atoms with Crippen molar-refractivity contribution in [2.24, 2.45) is 29.6 Å². The third kappa shape index (κ3) is 3.48. The predicted octanol–water partition coefficient (Wildman–Crippen LogP) is 3.71. The minimum absolute atomic E-state index is 0.0878.